The van der Waals surface area contributed by atoms with Crippen molar-refractivity contribution in [3.63, 3.8) is 0 Å². The maximum atomic E-state index is 9.90. The van der Waals surface area contributed by atoms with Gasteiger partial charge >= 0.3 is 0 Å². The molecule has 1 aliphatic rings. The highest BCUT2D eigenvalue weighted by atomic mass is 16.3. The molecule has 1 aromatic carbocycles. The van der Waals surface area contributed by atoms with Crippen molar-refractivity contribution in [1.29, 1.82) is 0 Å². The highest BCUT2D eigenvalue weighted by Crippen LogP contribution is 2.34. The third-order valence-electron chi connectivity index (χ3n) is 3.63. The second-order valence-electron chi connectivity index (χ2n) is 4.96. The fraction of sp³-hybridized carbons (Fsp3) is 0.400. The van der Waals surface area contributed by atoms with Crippen LogP contribution in [0.5, 0.6) is 0 Å². The quantitative estimate of drug-likeness (QED) is 0.871. The van der Waals surface area contributed by atoms with Crippen LogP contribution in [0.25, 0.3) is 10.8 Å². The Labute approximate surface area is 101 Å². The number of rotatable bonds is 4. The lowest BCUT2D eigenvalue weighted by Crippen LogP contribution is -2.10. The van der Waals surface area contributed by atoms with Crippen LogP contribution in [0.4, 0.5) is 0 Å². The molecular weight excluding hydrogens is 210 g/mol. The van der Waals surface area contributed by atoms with Gasteiger partial charge in [-0.3, -0.25) is 4.98 Å². The summed E-state index contributed by atoms with van der Waals surface area (Å²) < 4.78 is 0. The number of benzene rings is 1. The Morgan fingerprint density at radius 3 is 2.88 bits per heavy atom. The van der Waals surface area contributed by atoms with E-state index in [-0.39, 0.29) is 6.10 Å². The Morgan fingerprint density at radius 1 is 1.24 bits per heavy atom. The molecule has 0 radical (unpaired) electrons. The van der Waals surface area contributed by atoms with Crippen molar-refractivity contribution in [2.75, 3.05) is 0 Å². The molecule has 0 amide bonds. The molecule has 2 heteroatoms. The minimum absolute atomic E-state index is 0.117. The summed E-state index contributed by atoms with van der Waals surface area (Å²) in [5.41, 5.74) is 1.25. The van der Waals surface area contributed by atoms with E-state index in [1.54, 1.807) is 0 Å². The Bertz CT molecular complexity index is 514. The first-order valence-corrected chi connectivity index (χ1v) is 6.34. The van der Waals surface area contributed by atoms with Crippen molar-refractivity contribution in [3.8, 4) is 0 Å². The zero-order valence-electron chi connectivity index (χ0n) is 9.84. The molecule has 1 atom stereocenters. The van der Waals surface area contributed by atoms with E-state index in [1.807, 2.05) is 18.5 Å². The van der Waals surface area contributed by atoms with E-state index in [0.717, 1.165) is 12.8 Å². The number of pyridine rings is 1. The fourth-order valence-corrected chi connectivity index (χ4v) is 2.40. The zero-order chi connectivity index (χ0) is 11.7. The molecule has 1 saturated carbocycles. The molecule has 1 aliphatic carbocycles. The number of nitrogens with zero attached hydrogens (tertiary/aromatic N) is 1. The van der Waals surface area contributed by atoms with Crippen molar-refractivity contribution < 1.29 is 5.11 Å². The molecule has 0 saturated heterocycles. The van der Waals surface area contributed by atoms with Crippen molar-refractivity contribution in [3.05, 3.63) is 42.2 Å². The van der Waals surface area contributed by atoms with E-state index >= 15 is 0 Å². The molecule has 0 spiro atoms. The van der Waals surface area contributed by atoms with E-state index in [9.17, 15) is 5.11 Å². The first-order valence-electron chi connectivity index (χ1n) is 6.34. The van der Waals surface area contributed by atoms with Crippen LogP contribution in [-0.2, 0) is 6.42 Å². The van der Waals surface area contributed by atoms with Gasteiger partial charge < -0.3 is 5.11 Å². The molecule has 1 unspecified atom stereocenters. The second kappa shape index (κ2) is 4.46. The first kappa shape index (κ1) is 10.7. The number of hydrogen-bond donors (Lipinski definition) is 1. The average molecular weight is 227 g/mol. The molecule has 3 rings (SSSR count). The minimum atomic E-state index is -0.117. The van der Waals surface area contributed by atoms with E-state index in [1.165, 1.54) is 29.2 Å². The van der Waals surface area contributed by atoms with Gasteiger partial charge in [-0.05, 0) is 42.6 Å². The lowest BCUT2D eigenvalue weighted by molar-refractivity contribution is 0.142. The standard InChI is InChI=1S/C15H17NO/c17-15(11-5-6-11)8-7-13-10-16-9-12-3-1-2-4-14(12)13/h1-4,9-11,15,17H,5-8H2. The van der Waals surface area contributed by atoms with Gasteiger partial charge in [0.2, 0.25) is 0 Å². The molecule has 2 aromatic rings. The van der Waals surface area contributed by atoms with Crippen LogP contribution in [0.15, 0.2) is 36.7 Å². The van der Waals surface area contributed by atoms with Gasteiger partial charge in [0.15, 0.2) is 0 Å². The maximum Gasteiger partial charge on any atom is 0.0571 e. The SMILES string of the molecule is OC(CCc1cncc2ccccc12)C1CC1. The molecule has 17 heavy (non-hydrogen) atoms. The number of fused-ring (bicyclic) bond motifs is 1. The molecular formula is C15H17NO. The first-order chi connectivity index (χ1) is 8.34. The van der Waals surface area contributed by atoms with Crippen LogP contribution in [0.3, 0.4) is 0 Å². The molecule has 0 bridgehead atoms. The summed E-state index contributed by atoms with van der Waals surface area (Å²) in [6.45, 7) is 0. The number of hydrogen-bond acceptors (Lipinski definition) is 2. The monoisotopic (exact) mass is 227 g/mol. The van der Waals surface area contributed by atoms with Crippen LogP contribution < -0.4 is 0 Å². The summed E-state index contributed by atoms with van der Waals surface area (Å²) in [5.74, 6) is 0.568. The fourth-order valence-electron chi connectivity index (χ4n) is 2.40. The molecule has 0 aliphatic heterocycles. The highest BCUT2D eigenvalue weighted by Gasteiger charge is 2.29. The molecule has 2 nitrogen and oxygen atoms in total. The Balaban J connectivity index is 1.79. The lowest BCUT2D eigenvalue weighted by Gasteiger charge is -2.10. The van der Waals surface area contributed by atoms with E-state index in [0.29, 0.717) is 5.92 Å². The largest absolute Gasteiger partial charge is 0.393 e. The number of aliphatic hydroxyl groups excluding tert-OH is 1. The summed E-state index contributed by atoms with van der Waals surface area (Å²) in [5, 5.41) is 12.4. The minimum Gasteiger partial charge on any atom is -0.393 e. The number of aryl methyl sites for hydroxylation is 1. The van der Waals surface area contributed by atoms with E-state index in [4.69, 9.17) is 0 Å². The zero-order valence-corrected chi connectivity index (χ0v) is 9.84. The molecule has 1 aromatic heterocycles. The van der Waals surface area contributed by atoms with Crippen LogP contribution in [0.1, 0.15) is 24.8 Å². The van der Waals surface area contributed by atoms with Crippen molar-refractivity contribution in [2.24, 2.45) is 5.92 Å². The predicted octanol–water partition coefficient (Wildman–Crippen LogP) is 2.94. The van der Waals surface area contributed by atoms with Gasteiger partial charge in [0, 0.05) is 17.8 Å². The van der Waals surface area contributed by atoms with Gasteiger partial charge in [0.1, 0.15) is 0 Å². The lowest BCUT2D eigenvalue weighted by atomic mass is 10.0. The van der Waals surface area contributed by atoms with Crippen LogP contribution in [0.2, 0.25) is 0 Å². The van der Waals surface area contributed by atoms with Gasteiger partial charge in [0.05, 0.1) is 6.10 Å². The van der Waals surface area contributed by atoms with Gasteiger partial charge in [-0.2, -0.15) is 0 Å². The van der Waals surface area contributed by atoms with Crippen molar-refractivity contribution in [1.82, 2.24) is 4.98 Å². The third kappa shape index (κ3) is 2.32. The smallest absolute Gasteiger partial charge is 0.0571 e. The van der Waals surface area contributed by atoms with Crippen LogP contribution in [0, 0.1) is 5.92 Å². The van der Waals surface area contributed by atoms with Crippen molar-refractivity contribution >= 4 is 10.8 Å². The topological polar surface area (TPSA) is 33.1 Å². The van der Waals surface area contributed by atoms with Crippen LogP contribution in [-0.4, -0.2) is 16.2 Å². The Hall–Kier alpha value is -1.41. The maximum absolute atomic E-state index is 9.90. The average Bonchev–Trinajstić information content (AvgIpc) is 3.20. The van der Waals surface area contributed by atoms with E-state index < -0.39 is 0 Å². The van der Waals surface area contributed by atoms with Gasteiger partial charge in [-0.1, -0.05) is 24.3 Å². The van der Waals surface area contributed by atoms with Gasteiger partial charge in [0.25, 0.3) is 0 Å². The molecule has 88 valence electrons. The predicted molar refractivity (Wildman–Crippen MR) is 68.8 cm³/mol. The Morgan fingerprint density at radius 2 is 2.06 bits per heavy atom. The normalized spacial score (nSPS) is 17.2. The van der Waals surface area contributed by atoms with Crippen LogP contribution >= 0.6 is 0 Å². The summed E-state index contributed by atoms with van der Waals surface area (Å²) in [6, 6.07) is 8.31. The number of aromatic nitrogens is 1. The molecule has 1 heterocycles. The highest BCUT2D eigenvalue weighted by molar-refractivity contribution is 5.84. The summed E-state index contributed by atoms with van der Waals surface area (Å²) in [7, 11) is 0. The van der Waals surface area contributed by atoms with Gasteiger partial charge in [-0.15, -0.1) is 0 Å². The summed E-state index contributed by atoms with van der Waals surface area (Å²) in [6.07, 6.45) is 7.91. The summed E-state index contributed by atoms with van der Waals surface area (Å²) >= 11 is 0. The third-order valence-corrected chi connectivity index (χ3v) is 3.63. The van der Waals surface area contributed by atoms with Gasteiger partial charge in [-0.25, -0.2) is 0 Å². The Kier molecular flexibility index (Phi) is 2.81. The number of aliphatic hydroxyl groups is 1. The summed E-state index contributed by atoms with van der Waals surface area (Å²) in [4.78, 5) is 4.27. The second-order valence-corrected chi connectivity index (χ2v) is 4.96. The van der Waals surface area contributed by atoms with Crippen molar-refractivity contribution in [2.45, 2.75) is 31.8 Å². The van der Waals surface area contributed by atoms with E-state index in [2.05, 4.69) is 23.2 Å². The molecule has 1 fully saturated rings. The molecule has 1 N–H and O–H groups in total.